The minimum Gasteiger partial charge on any atom is -0.207 e. The molecule has 0 amide bonds. The Labute approximate surface area is 109 Å². The molecule has 1 aromatic rings. The molecule has 0 spiro atoms. The molecule has 0 bridgehead atoms. The molecule has 5 heteroatoms. The predicted octanol–water partition coefficient (Wildman–Crippen LogP) is 2.17. The van der Waals surface area contributed by atoms with E-state index in [9.17, 15) is 8.42 Å². The standard InChI is InChI=1S/C13H18N2O2S/c1-4-5-12-6-8-13(9-7-12)18(16,17)15(3)11(2)10-14/h6-9,11H,4-5H2,1-3H3. The van der Waals surface area contributed by atoms with E-state index in [1.807, 2.05) is 18.2 Å². The molecule has 4 nitrogen and oxygen atoms in total. The van der Waals surface area contributed by atoms with Crippen LogP contribution < -0.4 is 0 Å². The molecule has 0 heterocycles. The lowest BCUT2D eigenvalue weighted by Gasteiger charge is -2.19. The van der Waals surface area contributed by atoms with Crippen molar-refractivity contribution in [3.05, 3.63) is 29.8 Å². The molecule has 0 fully saturated rings. The quantitative estimate of drug-likeness (QED) is 0.820. The lowest BCUT2D eigenvalue weighted by Crippen LogP contribution is -2.34. The first-order valence-corrected chi connectivity index (χ1v) is 7.34. The zero-order chi connectivity index (χ0) is 13.8. The highest BCUT2D eigenvalue weighted by atomic mass is 32.2. The van der Waals surface area contributed by atoms with Crippen molar-refractivity contribution < 1.29 is 8.42 Å². The molecule has 0 aromatic heterocycles. The van der Waals surface area contributed by atoms with E-state index in [0.717, 1.165) is 22.7 Å². The summed E-state index contributed by atoms with van der Waals surface area (Å²) < 4.78 is 25.4. The maximum Gasteiger partial charge on any atom is 0.243 e. The third-order valence-corrected chi connectivity index (χ3v) is 4.81. The van der Waals surface area contributed by atoms with Crippen molar-refractivity contribution in [1.82, 2.24) is 4.31 Å². The summed E-state index contributed by atoms with van der Waals surface area (Å²) in [4.78, 5) is 0.229. The van der Waals surface area contributed by atoms with E-state index in [1.54, 1.807) is 19.1 Å². The van der Waals surface area contributed by atoms with E-state index in [1.165, 1.54) is 7.05 Å². The number of hydrogen-bond acceptors (Lipinski definition) is 3. The Morgan fingerprint density at radius 1 is 1.33 bits per heavy atom. The average Bonchev–Trinajstić information content (AvgIpc) is 2.38. The topological polar surface area (TPSA) is 61.2 Å². The molecule has 1 unspecified atom stereocenters. The largest absolute Gasteiger partial charge is 0.243 e. The smallest absolute Gasteiger partial charge is 0.207 e. The molecule has 0 saturated heterocycles. The van der Waals surface area contributed by atoms with Crippen LogP contribution >= 0.6 is 0 Å². The van der Waals surface area contributed by atoms with Gasteiger partial charge in [-0.25, -0.2) is 8.42 Å². The van der Waals surface area contributed by atoms with Gasteiger partial charge in [-0.1, -0.05) is 25.5 Å². The van der Waals surface area contributed by atoms with Crippen LogP contribution in [0.3, 0.4) is 0 Å². The maximum atomic E-state index is 12.2. The minimum atomic E-state index is -3.57. The van der Waals surface area contributed by atoms with Gasteiger partial charge in [-0.05, 0) is 31.0 Å². The van der Waals surface area contributed by atoms with Gasteiger partial charge >= 0.3 is 0 Å². The monoisotopic (exact) mass is 266 g/mol. The van der Waals surface area contributed by atoms with Gasteiger partial charge in [0.05, 0.1) is 11.0 Å². The zero-order valence-electron chi connectivity index (χ0n) is 10.9. The van der Waals surface area contributed by atoms with Gasteiger partial charge in [-0.3, -0.25) is 0 Å². The third-order valence-electron chi connectivity index (χ3n) is 2.87. The van der Waals surface area contributed by atoms with E-state index in [4.69, 9.17) is 5.26 Å². The maximum absolute atomic E-state index is 12.2. The summed E-state index contributed by atoms with van der Waals surface area (Å²) >= 11 is 0. The Bertz CT molecular complexity index is 529. The van der Waals surface area contributed by atoms with Crippen molar-refractivity contribution >= 4 is 10.0 Å². The number of rotatable bonds is 5. The minimum absolute atomic E-state index is 0.229. The van der Waals surface area contributed by atoms with Crippen molar-refractivity contribution in [2.45, 2.75) is 37.6 Å². The Kier molecular flexibility index (Phi) is 4.88. The zero-order valence-corrected chi connectivity index (χ0v) is 11.7. The van der Waals surface area contributed by atoms with Crippen molar-refractivity contribution in [3.63, 3.8) is 0 Å². The summed E-state index contributed by atoms with van der Waals surface area (Å²) in [6, 6.07) is 8.08. The summed E-state index contributed by atoms with van der Waals surface area (Å²) in [6.07, 6.45) is 1.96. The van der Waals surface area contributed by atoms with E-state index in [-0.39, 0.29) is 4.90 Å². The molecule has 1 atom stereocenters. The van der Waals surface area contributed by atoms with Crippen LogP contribution in [0.15, 0.2) is 29.2 Å². The molecule has 1 aromatic carbocycles. The molecular weight excluding hydrogens is 248 g/mol. The fourth-order valence-electron chi connectivity index (χ4n) is 1.57. The highest BCUT2D eigenvalue weighted by Gasteiger charge is 2.24. The van der Waals surface area contributed by atoms with E-state index in [2.05, 4.69) is 6.92 Å². The van der Waals surface area contributed by atoms with Crippen molar-refractivity contribution in [2.75, 3.05) is 7.05 Å². The van der Waals surface area contributed by atoms with Crippen LogP contribution in [0.5, 0.6) is 0 Å². The van der Waals surface area contributed by atoms with Crippen LogP contribution in [-0.4, -0.2) is 25.8 Å². The van der Waals surface area contributed by atoms with Crippen molar-refractivity contribution in [2.24, 2.45) is 0 Å². The molecule has 0 radical (unpaired) electrons. The number of benzene rings is 1. The van der Waals surface area contributed by atoms with Gasteiger partial charge in [-0.15, -0.1) is 0 Å². The van der Waals surface area contributed by atoms with Crippen molar-refractivity contribution in [1.29, 1.82) is 5.26 Å². The van der Waals surface area contributed by atoms with Gasteiger partial charge in [-0.2, -0.15) is 9.57 Å². The molecule has 0 saturated carbocycles. The van der Waals surface area contributed by atoms with Gasteiger partial charge in [0.1, 0.15) is 6.04 Å². The van der Waals surface area contributed by atoms with Crippen LogP contribution in [0.1, 0.15) is 25.8 Å². The lowest BCUT2D eigenvalue weighted by molar-refractivity contribution is 0.442. The SMILES string of the molecule is CCCc1ccc(S(=O)(=O)N(C)C(C)C#N)cc1. The highest BCUT2D eigenvalue weighted by molar-refractivity contribution is 7.89. The Morgan fingerprint density at radius 3 is 2.33 bits per heavy atom. The summed E-state index contributed by atoms with van der Waals surface area (Å²) in [5.74, 6) is 0. The fraction of sp³-hybridized carbons (Fsp3) is 0.462. The molecule has 0 aliphatic heterocycles. The van der Waals surface area contributed by atoms with Gasteiger partial charge in [0, 0.05) is 7.05 Å². The van der Waals surface area contributed by atoms with E-state index < -0.39 is 16.1 Å². The predicted molar refractivity (Wildman–Crippen MR) is 70.5 cm³/mol. The molecular formula is C13H18N2O2S. The fourth-order valence-corrected chi connectivity index (χ4v) is 2.85. The first-order valence-electron chi connectivity index (χ1n) is 5.90. The van der Waals surface area contributed by atoms with E-state index >= 15 is 0 Å². The first kappa shape index (κ1) is 14.7. The normalized spacial score (nSPS) is 13.3. The molecule has 18 heavy (non-hydrogen) atoms. The highest BCUT2D eigenvalue weighted by Crippen LogP contribution is 2.17. The summed E-state index contributed by atoms with van der Waals surface area (Å²) in [7, 11) is -2.15. The number of sulfonamides is 1. The molecule has 0 aliphatic rings. The Hall–Kier alpha value is -1.38. The van der Waals surface area contributed by atoms with Gasteiger partial charge in [0.25, 0.3) is 0 Å². The first-order chi connectivity index (χ1) is 8.43. The van der Waals surface area contributed by atoms with Crippen LogP contribution in [0.2, 0.25) is 0 Å². The second-order valence-electron chi connectivity index (χ2n) is 4.22. The second kappa shape index (κ2) is 5.98. The van der Waals surface area contributed by atoms with Gasteiger partial charge in [0.15, 0.2) is 0 Å². The molecule has 98 valence electrons. The lowest BCUT2D eigenvalue weighted by atomic mass is 10.1. The average molecular weight is 266 g/mol. The van der Waals surface area contributed by atoms with Crippen LogP contribution in [-0.2, 0) is 16.4 Å². The summed E-state index contributed by atoms with van der Waals surface area (Å²) in [5.41, 5.74) is 1.12. The Morgan fingerprint density at radius 2 is 1.89 bits per heavy atom. The number of nitrogens with zero attached hydrogens (tertiary/aromatic N) is 2. The van der Waals surface area contributed by atoms with Crippen LogP contribution in [0.4, 0.5) is 0 Å². The third kappa shape index (κ3) is 3.09. The molecule has 1 rings (SSSR count). The molecule has 0 aliphatic carbocycles. The van der Waals surface area contributed by atoms with Gasteiger partial charge in [0.2, 0.25) is 10.0 Å². The number of nitriles is 1. The molecule has 0 N–H and O–H groups in total. The van der Waals surface area contributed by atoms with Crippen LogP contribution in [0.25, 0.3) is 0 Å². The Balaban J connectivity index is 3.03. The second-order valence-corrected chi connectivity index (χ2v) is 6.22. The summed E-state index contributed by atoms with van der Waals surface area (Å²) in [6.45, 7) is 3.63. The van der Waals surface area contributed by atoms with Gasteiger partial charge < -0.3 is 0 Å². The van der Waals surface area contributed by atoms with E-state index in [0.29, 0.717) is 0 Å². The number of hydrogen-bond donors (Lipinski definition) is 0. The summed E-state index contributed by atoms with van der Waals surface area (Å²) in [5, 5.41) is 8.77. The van der Waals surface area contributed by atoms with Crippen molar-refractivity contribution in [3.8, 4) is 6.07 Å². The van der Waals surface area contributed by atoms with Crippen LogP contribution in [0, 0.1) is 11.3 Å². The number of aryl methyl sites for hydroxylation is 1.